The lowest BCUT2D eigenvalue weighted by Gasteiger charge is -2.23. The van der Waals surface area contributed by atoms with Crippen LogP contribution >= 0.6 is 0 Å². The summed E-state index contributed by atoms with van der Waals surface area (Å²) in [6.07, 6.45) is 7.94. The molecule has 7 nitrogen and oxygen atoms in total. The molecular formula is C21H25N5O2. The Morgan fingerprint density at radius 2 is 2.04 bits per heavy atom. The van der Waals surface area contributed by atoms with Gasteiger partial charge < -0.3 is 14.2 Å². The van der Waals surface area contributed by atoms with Gasteiger partial charge in [-0.3, -0.25) is 5.32 Å². The summed E-state index contributed by atoms with van der Waals surface area (Å²) in [7, 11) is 0. The highest BCUT2D eigenvalue weighted by molar-refractivity contribution is 5.88. The predicted molar refractivity (Wildman–Crippen MR) is 108 cm³/mol. The molecule has 146 valence electrons. The highest BCUT2D eigenvalue weighted by Gasteiger charge is 2.14. The van der Waals surface area contributed by atoms with Crippen molar-refractivity contribution in [3.63, 3.8) is 0 Å². The molecule has 2 amide bonds. The van der Waals surface area contributed by atoms with E-state index in [1.807, 2.05) is 54.1 Å². The van der Waals surface area contributed by atoms with Crippen molar-refractivity contribution in [3.05, 3.63) is 72.9 Å². The number of aromatic nitrogens is 3. The fourth-order valence-electron chi connectivity index (χ4n) is 2.82. The molecule has 2 aromatic heterocycles. The van der Waals surface area contributed by atoms with Gasteiger partial charge in [0, 0.05) is 38.2 Å². The molecule has 3 rings (SSSR count). The third-order valence-corrected chi connectivity index (χ3v) is 4.20. The second-order valence-electron chi connectivity index (χ2n) is 6.30. The summed E-state index contributed by atoms with van der Waals surface area (Å²) in [5.41, 5.74) is 1.04. The summed E-state index contributed by atoms with van der Waals surface area (Å²) in [5, 5.41) is 2.87. The van der Waals surface area contributed by atoms with E-state index in [9.17, 15) is 4.79 Å². The number of urea groups is 1. The third-order valence-electron chi connectivity index (χ3n) is 4.20. The van der Waals surface area contributed by atoms with Crippen LogP contribution in [0, 0.1) is 0 Å². The fourth-order valence-corrected chi connectivity index (χ4v) is 2.82. The second kappa shape index (κ2) is 10.1. The van der Waals surface area contributed by atoms with Crippen molar-refractivity contribution in [1.82, 2.24) is 19.4 Å². The quantitative estimate of drug-likeness (QED) is 0.614. The molecule has 1 aromatic carbocycles. The van der Waals surface area contributed by atoms with Crippen LogP contribution in [0.2, 0.25) is 0 Å². The zero-order chi connectivity index (χ0) is 19.6. The Morgan fingerprint density at radius 3 is 2.71 bits per heavy atom. The van der Waals surface area contributed by atoms with Gasteiger partial charge in [0.15, 0.2) is 0 Å². The number of benzene rings is 1. The average Bonchev–Trinajstić information content (AvgIpc) is 3.23. The van der Waals surface area contributed by atoms with E-state index >= 15 is 0 Å². The number of carbonyl (C=O) groups excluding carboxylic acids is 1. The first-order valence-corrected chi connectivity index (χ1v) is 9.39. The number of ether oxygens (including phenoxy) is 1. The smallest absolute Gasteiger partial charge is 0.323 e. The molecule has 0 aliphatic rings. The molecule has 0 unspecified atom stereocenters. The molecular weight excluding hydrogens is 354 g/mol. The van der Waals surface area contributed by atoms with Crippen molar-refractivity contribution >= 4 is 11.8 Å². The first-order valence-electron chi connectivity index (χ1n) is 9.39. The first-order chi connectivity index (χ1) is 13.7. The van der Waals surface area contributed by atoms with E-state index < -0.39 is 0 Å². The van der Waals surface area contributed by atoms with Crippen LogP contribution in [-0.4, -0.2) is 38.6 Å². The third kappa shape index (κ3) is 5.84. The molecule has 0 aliphatic heterocycles. The molecule has 7 heteroatoms. The van der Waals surface area contributed by atoms with E-state index in [1.54, 1.807) is 29.7 Å². The Hall–Kier alpha value is -3.35. The maximum atomic E-state index is 12.8. The molecule has 0 atom stereocenters. The zero-order valence-corrected chi connectivity index (χ0v) is 16.0. The summed E-state index contributed by atoms with van der Waals surface area (Å²) in [4.78, 5) is 22.8. The minimum absolute atomic E-state index is 0.168. The highest BCUT2D eigenvalue weighted by Crippen LogP contribution is 2.15. The van der Waals surface area contributed by atoms with Crippen molar-refractivity contribution in [2.75, 3.05) is 18.5 Å². The van der Waals surface area contributed by atoms with Crippen LogP contribution in [-0.2, 0) is 13.1 Å². The van der Waals surface area contributed by atoms with Crippen LogP contribution in [0.25, 0.3) is 0 Å². The molecule has 0 bridgehead atoms. The summed E-state index contributed by atoms with van der Waals surface area (Å²) < 4.78 is 7.49. The summed E-state index contributed by atoms with van der Waals surface area (Å²) in [6.45, 7) is 4.51. The van der Waals surface area contributed by atoms with Gasteiger partial charge in [0.2, 0.25) is 0 Å². The molecule has 0 radical (unpaired) electrons. The highest BCUT2D eigenvalue weighted by atomic mass is 16.5. The van der Waals surface area contributed by atoms with E-state index in [4.69, 9.17) is 4.74 Å². The van der Waals surface area contributed by atoms with E-state index in [-0.39, 0.29) is 6.03 Å². The largest absolute Gasteiger partial charge is 0.494 e. The number of nitrogens with zero attached hydrogens (tertiary/aromatic N) is 4. The monoisotopic (exact) mass is 379 g/mol. The van der Waals surface area contributed by atoms with Crippen molar-refractivity contribution < 1.29 is 9.53 Å². The summed E-state index contributed by atoms with van der Waals surface area (Å²) in [6, 6.07) is 13.1. The number of carbonyl (C=O) groups is 1. The number of hydrogen-bond acceptors (Lipinski definition) is 4. The summed E-state index contributed by atoms with van der Waals surface area (Å²) >= 11 is 0. The van der Waals surface area contributed by atoms with Gasteiger partial charge in [0.25, 0.3) is 0 Å². The van der Waals surface area contributed by atoms with Crippen molar-refractivity contribution in [1.29, 1.82) is 0 Å². The van der Waals surface area contributed by atoms with Crippen LogP contribution in [0.1, 0.15) is 18.9 Å². The number of aryl methyl sites for hydroxylation is 1. The number of hydrogen-bond donors (Lipinski definition) is 1. The van der Waals surface area contributed by atoms with Crippen molar-refractivity contribution in [2.45, 2.75) is 26.4 Å². The molecule has 0 spiro atoms. The van der Waals surface area contributed by atoms with Crippen LogP contribution in [0.4, 0.5) is 10.6 Å². The molecule has 28 heavy (non-hydrogen) atoms. The minimum atomic E-state index is -0.168. The lowest BCUT2D eigenvalue weighted by molar-refractivity contribution is 0.207. The van der Waals surface area contributed by atoms with E-state index in [0.717, 1.165) is 24.3 Å². The summed E-state index contributed by atoms with van der Waals surface area (Å²) in [5.74, 6) is 1.37. The van der Waals surface area contributed by atoms with Gasteiger partial charge in [-0.15, -0.1) is 0 Å². The predicted octanol–water partition coefficient (Wildman–Crippen LogP) is 3.80. The Kier molecular flexibility index (Phi) is 7.01. The SMILES string of the molecule is CCOc1ccc(CN(CCCn2ccnc2)C(=O)Nc2ccccn2)cc1. The Bertz CT molecular complexity index is 835. The first kappa shape index (κ1) is 19.4. The van der Waals surface area contributed by atoms with Gasteiger partial charge in [-0.05, 0) is 43.2 Å². The van der Waals surface area contributed by atoms with Gasteiger partial charge in [-0.2, -0.15) is 0 Å². The lowest BCUT2D eigenvalue weighted by Crippen LogP contribution is -2.35. The Balaban J connectivity index is 1.64. The maximum absolute atomic E-state index is 12.8. The van der Waals surface area contributed by atoms with Crippen molar-refractivity contribution in [3.8, 4) is 5.75 Å². The zero-order valence-electron chi connectivity index (χ0n) is 16.0. The number of amides is 2. The Morgan fingerprint density at radius 1 is 1.18 bits per heavy atom. The molecule has 0 fully saturated rings. The molecule has 0 saturated carbocycles. The molecule has 0 saturated heterocycles. The van der Waals surface area contributed by atoms with E-state index in [2.05, 4.69) is 15.3 Å². The molecule has 3 aromatic rings. The lowest BCUT2D eigenvalue weighted by atomic mass is 10.2. The number of nitrogens with one attached hydrogen (secondary N) is 1. The fraction of sp³-hybridized carbons (Fsp3) is 0.286. The average molecular weight is 379 g/mol. The normalized spacial score (nSPS) is 10.5. The number of anilines is 1. The molecule has 0 aliphatic carbocycles. The maximum Gasteiger partial charge on any atom is 0.323 e. The van der Waals surface area contributed by atoms with Crippen LogP contribution < -0.4 is 10.1 Å². The topological polar surface area (TPSA) is 72.3 Å². The second-order valence-corrected chi connectivity index (χ2v) is 6.30. The van der Waals surface area contributed by atoms with Gasteiger partial charge in [0.1, 0.15) is 11.6 Å². The van der Waals surface area contributed by atoms with Crippen LogP contribution in [0.5, 0.6) is 5.75 Å². The number of pyridine rings is 1. The standard InChI is InChI=1S/C21H25N5O2/c1-2-28-19-9-7-18(8-10-19)16-26(14-5-13-25-15-12-22-17-25)21(27)24-20-6-3-4-11-23-20/h3-4,6-12,15,17H,2,5,13-14,16H2,1H3,(H,23,24,27). The van der Waals surface area contributed by atoms with E-state index in [0.29, 0.717) is 25.5 Å². The molecule has 2 heterocycles. The van der Waals surface area contributed by atoms with Gasteiger partial charge in [0.05, 0.1) is 12.9 Å². The van der Waals surface area contributed by atoms with Crippen LogP contribution in [0.15, 0.2) is 67.4 Å². The minimum Gasteiger partial charge on any atom is -0.494 e. The molecule has 1 N–H and O–H groups in total. The number of rotatable bonds is 9. The van der Waals surface area contributed by atoms with Gasteiger partial charge in [-0.25, -0.2) is 14.8 Å². The Labute approximate surface area is 165 Å². The van der Waals surface area contributed by atoms with Gasteiger partial charge in [-0.1, -0.05) is 18.2 Å². The van der Waals surface area contributed by atoms with E-state index in [1.165, 1.54) is 0 Å². The number of imidazole rings is 1. The van der Waals surface area contributed by atoms with Gasteiger partial charge >= 0.3 is 6.03 Å². The van der Waals surface area contributed by atoms with Crippen LogP contribution in [0.3, 0.4) is 0 Å². The van der Waals surface area contributed by atoms with Crippen molar-refractivity contribution in [2.24, 2.45) is 0 Å².